The number of rotatable bonds is 6. The molecule has 1 aliphatic heterocycles. The number of aryl methyl sites for hydroxylation is 1. The molecule has 0 aromatic heterocycles. The third-order valence-electron chi connectivity index (χ3n) is 4.15. The highest BCUT2D eigenvalue weighted by Gasteiger charge is 2.17. The molecule has 2 aromatic rings. The zero-order valence-corrected chi connectivity index (χ0v) is 15.6. The summed E-state index contributed by atoms with van der Waals surface area (Å²) in [5.41, 5.74) is 2.57. The predicted molar refractivity (Wildman–Crippen MR) is 100 cm³/mol. The van der Waals surface area contributed by atoms with Crippen molar-refractivity contribution < 1.29 is 19.0 Å². The van der Waals surface area contributed by atoms with E-state index in [2.05, 4.69) is 10.6 Å². The summed E-state index contributed by atoms with van der Waals surface area (Å²) >= 11 is 6.12. The SMILES string of the molecule is COc1cc(Cl)c(C)cc1NC(C)C(=O)NCc1ccc2c(c1)OCO2. The Morgan fingerprint density at radius 3 is 2.81 bits per heavy atom. The van der Waals surface area contributed by atoms with E-state index in [4.69, 9.17) is 25.8 Å². The zero-order chi connectivity index (χ0) is 18.7. The summed E-state index contributed by atoms with van der Waals surface area (Å²) < 4.78 is 16.0. The van der Waals surface area contributed by atoms with Crippen LogP contribution >= 0.6 is 11.6 Å². The van der Waals surface area contributed by atoms with Crippen molar-refractivity contribution in [1.82, 2.24) is 5.32 Å². The van der Waals surface area contributed by atoms with Gasteiger partial charge in [-0.2, -0.15) is 0 Å². The highest BCUT2D eigenvalue weighted by molar-refractivity contribution is 6.31. The van der Waals surface area contributed by atoms with Gasteiger partial charge in [-0.3, -0.25) is 4.79 Å². The first-order valence-corrected chi connectivity index (χ1v) is 8.62. The highest BCUT2D eigenvalue weighted by Crippen LogP contribution is 2.33. The van der Waals surface area contributed by atoms with Crippen LogP contribution in [-0.4, -0.2) is 25.9 Å². The van der Waals surface area contributed by atoms with E-state index in [1.807, 2.05) is 31.2 Å². The Hall–Kier alpha value is -2.60. The lowest BCUT2D eigenvalue weighted by molar-refractivity contribution is -0.121. The molecule has 26 heavy (non-hydrogen) atoms. The molecule has 0 spiro atoms. The molecule has 0 aliphatic carbocycles. The Kier molecular flexibility index (Phi) is 5.42. The molecule has 1 unspecified atom stereocenters. The molecule has 0 fully saturated rings. The van der Waals surface area contributed by atoms with E-state index < -0.39 is 6.04 Å². The first-order chi connectivity index (χ1) is 12.5. The van der Waals surface area contributed by atoms with Gasteiger partial charge in [0.1, 0.15) is 11.8 Å². The third kappa shape index (κ3) is 3.96. The van der Waals surface area contributed by atoms with Crippen LogP contribution in [0.5, 0.6) is 17.2 Å². The van der Waals surface area contributed by atoms with Gasteiger partial charge in [0.2, 0.25) is 12.7 Å². The van der Waals surface area contributed by atoms with Crippen LogP contribution in [0.1, 0.15) is 18.1 Å². The second kappa shape index (κ2) is 7.74. The van der Waals surface area contributed by atoms with Crippen LogP contribution in [-0.2, 0) is 11.3 Å². The summed E-state index contributed by atoms with van der Waals surface area (Å²) in [6.45, 7) is 4.32. The average molecular weight is 377 g/mol. The minimum atomic E-state index is -0.446. The van der Waals surface area contributed by atoms with E-state index in [1.165, 1.54) is 0 Å². The van der Waals surface area contributed by atoms with Gasteiger partial charge in [-0.1, -0.05) is 17.7 Å². The van der Waals surface area contributed by atoms with Crippen molar-refractivity contribution in [2.45, 2.75) is 26.4 Å². The van der Waals surface area contributed by atoms with Crippen LogP contribution < -0.4 is 24.8 Å². The van der Waals surface area contributed by atoms with Gasteiger partial charge in [0, 0.05) is 17.6 Å². The molecule has 0 radical (unpaired) electrons. The lowest BCUT2D eigenvalue weighted by Crippen LogP contribution is -2.37. The van der Waals surface area contributed by atoms with E-state index in [1.54, 1.807) is 20.1 Å². The monoisotopic (exact) mass is 376 g/mol. The molecule has 1 amide bonds. The molecule has 1 atom stereocenters. The second-order valence-corrected chi connectivity index (χ2v) is 6.48. The maximum Gasteiger partial charge on any atom is 0.242 e. The number of benzene rings is 2. The standard InChI is InChI=1S/C19H21ClN2O4/c1-11-6-15(17(24-3)8-14(11)20)22-12(2)19(23)21-9-13-4-5-16-18(7-13)26-10-25-16/h4-8,12,22H,9-10H2,1-3H3,(H,21,23). The quantitative estimate of drug-likeness (QED) is 0.807. The maximum atomic E-state index is 12.4. The summed E-state index contributed by atoms with van der Waals surface area (Å²) in [4.78, 5) is 12.4. The number of amides is 1. The number of hydrogen-bond acceptors (Lipinski definition) is 5. The number of carbonyl (C=O) groups is 1. The number of anilines is 1. The van der Waals surface area contributed by atoms with Gasteiger partial charge in [0.25, 0.3) is 0 Å². The molecule has 2 N–H and O–H groups in total. The van der Waals surface area contributed by atoms with Gasteiger partial charge in [-0.15, -0.1) is 0 Å². The molecular formula is C19H21ClN2O4. The van der Waals surface area contributed by atoms with Crippen LogP contribution in [0.2, 0.25) is 5.02 Å². The van der Waals surface area contributed by atoms with Crippen LogP contribution in [0.3, 0.4) is 0 Å². The minimum Gasteiger partial charge on any atom is -0.495 e. The molecule has 0 saturated heterocycles. The molecule has 138 valence electrons. The van der Waals surface area contributed by atoms with Crippen molar-refractivity contribution >= 4 is 23.2 Å². The van der Waals surface area contributed by atoms with Gasteiger partial charge >= 0.3 is 0 Å². The number of fused-ring (bicyclic) bond motifs is 1. The van der Waals surface area contributed by atoms with Crippen molar-refractivity contribution in [2.75, 3.05) is 19.2 Å². The Morgan fingerprint density at radius 1 is 1.27 bits per heavy atom. The van der Waals surface area contributed by atoms with E-state index >= 15 is 0 Å². The molecule has 1 aliphatic rings. The van der Waals surface area contributed by atoms with E-state index in [0.717, 1.165) is 22.6 Å². The van der Waals surface area contributed by atoms with Crippen molar-refractivity contribution in [3.63, 3.8) is 0 Å². The molecule has 0 saturated carbocycles. The maximum absolute atomic E-state index is 12.4. The molecule has 7 heteroatoms. The predicted octanol–water partition coefficient (Wildman–Crippen LogP) is 3.50. The number of carbonyl (C=O) groups excluding carboxylic acids is 1. The minimum absolute atomic E-state index is 0.127. The first-order valence-electron chi connectivity index (χ1n) is 8.25. The van der Waals surface area contributed by atoms with Gasteiger partial charge < -0.3 is 24.8 Å². The van der Waals surface area contributed by atoms with Gasteiger partial charge in [-0.25, -0.2) is 0 Å². The van der Waals surface area contributed by atoms with Crippen molar-refractivity contribution in [1.29, 1.82) is 0 Å². The van der Waals surface area contributed by atoms with Crippen LogP contribution in [0, 0.1) is 6.92 Å². The molecular weight excluding hydrogens is 356 g/mol. The van der Waals surface area contributed by atoms with E-state index in [9.17, 15) is 4.79 Å². The topological polar surface area (TPSA) is 68.8 Å². The fraction of sp³-hybridized carbons (Fsp3) is 0.316. The lowest BCUT2D eigenvalue weighted by Gasteiger charge is -2.18. The smallest absolute Gasteiger partial charge is 0.242 e. The average Bonchev–Trinajstić information content (AvgIpc) is 3.10. The largest absolute Gasteiger partial charge is 0.495 e. The zero-order valence-electron chi connectivity index (χ0n) is 14.9. The first kappa shape index (κ1) is 18.2. The number of halogens is 1. The highest BCUT2D eigenvalue weighted by atomic mass is 35.5. The van der Waals surface area contributed by atoms with Crippen molar-refractivity contribution in [3.8, 4) is 17.2 Å². The summed E-state index contributed by atoms with van der Waals surface area (Å²) in [6, 6.07) is 8.76. The van der Waals surface area contributed by atoms with Crippen molar-refractivity contribution in [3.05, 3.63) is 46.5 Å². The Morgan fingerprint density at radius 2 is 2.04 bits per heavy atom. The van der Waals surface area contributed by atoms with Gasteiger partial charge in [-0.05, 0) is 43.2 Å². The van der Waals surface area contributed by atoms with E-state index in [0.29, 0.717) is 23.1 Å². The molecule has 3 rings (SSSR count). The Labute approximate surface area is 157 Å². The number of hydrogen-bond donors (Lipinski definition) is 2. The van der Waals surface area contributed by atoms with Gasteiger partial charge in [0.05, 0.1) is 12.8 Å². The van der Waals surface area contributed by atoms with Crippen LogP contribution in [0.4, 0.5) is 5.69 Å². The lowest BCUT2D eigenvalue weighted by atomic mass is 10.1. The van der Waals surface area contributed by atoms with Crippen LogP contribution in [0.15, 0.2) is 30.3 Å². The molecule has 2 aromatic carbocycles. The summed E-state index contributed by atoms with van der Waals surface area (Å²) in [7, 11) is 1.57. The van der Waals surface area contributed by atoms with Crippen LogP contribution in [0.25, 0.3) is 0 Å². The Bertz CT molecular complexity index is 825. The fourth-order valence-corrected chi connectivity index (χ4v) is 2.79. The third-order valence-corrected chi connectivity index (χ3v) is 4.56. The number of nitrogens with one attached hydrogen (secondary N) is 2. The summed E-state index contributed by atoms with van der Waals surface area (Å²) in [5.74, 6) is 1.89. The Balaban J connectivity index is 1.61. The fourth-order valence-electron chi connectivity index (χ4n) is 2.64. The second-order valence-electron chi connectivity index (χ2n) is 6.07. The number of ether oxygens (including phenoxy) is 3. The van der Waals surface area contributed by atoms with Gasteiger partial charge in [0.15, 0.2) is 11.5 Å². The molecule has 0 bridgehead atoms. The number of methoxy groups -OCH3 is 1. The van der Waals surface area contributed by atoms with E-state index in [-0.39, 0.29) is 12.7 Å². The summed E-state index contributed by atoms with van der Waals surface area (Å²) in [6.07, 6.45) is 0. The normalized spacial score (nSPS) is 13.2. The van der Waals surface area contributed by atoms with Crippen molar-refractivity contribution in [2.24, 2.45) is 0 Å². The molecule has 1 heterocycles. The molecule has 6 nitrogen and oxygen atoms in total. The summed E-state index contributed by atoms with van der Waals surface area (Å²) in [5, 5.41) is 6.69.